The van der Waals surface area contributed by atoms with Gasteiger partial charge in [0.05, 0.1) is 13.0 Å². The quantitative estimate of drug-likeness (QED) is 0.411. The maximum Gasteiger partial charge on any atom is 0.310 e. The summed E-state index contributed by atoms with van der Waals surface area (Å²) in [4.78, 5) is 20.3. The van der Waals surface area contributed by atoms with Crippen molar-refractivity contribution in [1.82, 2.24) is 9.97 Å². The molecule has 0 spiro atoms. The van der Waals surface area contributed by atoms with Gasteiger partial charge >= 0.3 is 5.97 Å². The summed E-state index contributed by atoms with van der Waals surface area (Å²) in [5, 5.41) is 23.1. The van der Waals surface area contributed by atoms with Crippen LogP contribution in [0.4, 0.5) is 11.8 Å². The number of nitrogens with two attached hydrogens (primary N) is 1. The second kappa shape index (κ2) is 11.3. The molecule has 8 heteroatoms. The molecule has 2 rings (SSSR count). The van der Waals surface area contributed by atoms with Crippen molar-refractivity contribution in [3.63, 3.8) is 0 Å². The molecule has 0 aliphatic rings. The van der Waals surface area contributed by atoms with Gasteiger partial charge in [0.1, 0.15) is 11.6 Å². The molecule has 1 unspecified atom stereocenters. The van der Waals surface area contributed by atoms with Crippen LogP contribution in [-0.2, 0) is 22.4 Å². The minimum Gasteiger partial charge on any atom is -0.508 e. The van der Waals surface area contributed by atoms with E-state index in [1.165, 1.54) is 0 Å². The number of anilines is 2. The summed E-state index contributed by atoms with van der Waals surface area (Å²) in [6.45, 7) is 6.15. The van der Waals surface area contributed by atoms with Gasteiger partial charge in [0.15, 0.2) is 0 Å². The lowest BCUT2D eigenvalue weighted by molar-refractivity contribution is -0.142. The number of aromatic hydroxyl groups is 1. The molecule has 1 heterocycles. The van der Waals surface area contributed by atoms with E-state index in [1.54, 1.807) is 19.1 Å². The van der Waals surface area contributed by atoms with Gasteiger partial charge in [0.25, 0.3) is 0 Å². The molecule has 0 saturated heterocycles. The third-order valence-electron chi connectivity index (χ3n) is 4.95. The van der Waals surface area contributed by atoms with Crippen LogP contribution in [0.1, 0.15) is 55.5 Å². The fraction of sp³-hybridized carbons (Fsp3) is 0.500. The number of carbonyl (C=O) groups is 1. The monoisotopic (exact) mass is 416 g/mol. The van der Waals surface area contributed by atoms with Gasteiger partial charge in [-0.25, -0.2) is 4.98 Å². The van der Waals surface area contributed by atoms with E-state index in [0.29, 0.717) is 36.4 Å². The summed E-state index contributed by atoms with van der Waals surface area (Å²) in [6.07, 6.45) is 2.90. The Kier molecular flexibility index (Phi) is 8.86. The minimum atomic E-state index is -0.326. The van der Waals surface area contributed by atoms with Crippen molar-refractivity contribution >= 4 is 17.7 Å². The van der Waals surface area contributed by atoms with Crippen LogP contribution in [-0.4, -0.2) is 45.4 Å². The molecule has 8 nitrogen and oxygen atoms in total. The second-order valence-electron chi connectivity index (χ2n) is 7.23. The van der Waals surface area contributed by atoms with Gasteiger partial charge in [-0.15, -0.1) is 0 Å². The first-order valence-electron chi connectivity index (χ1n) is 10.3. The number of nitrogens with one attached hydrogen (secondary N) is 1. The van der Waals surface area contributed by atoms with Crippen molar-refractivity contribution in [2.45, 2.75) is 58.9 Å². The van der Waals surface area contributed by atoms with Crippen LogP contribution in [0.25, 0.3) is 0 Å². The van der Waals surface area contributed by atoms with Crippen molar-refractivity contribution in [2.75, 3.05) is 24.3 Å². The summed E-state index contributed by atoms with van der Waals surface area (Å²) in [7, 11) is 0. The van der Waals surface area contributed by atoms with Crippen molar-refractivity contribution in [3.05, 3.63) is 40.6 Å². The molecule has 1 aromatic carbocycles. The first-order valence-corrected chi connectivity index (χ1v) is 10.3. The Morgan fingerprint density at radius 1 is 1.30 bits per heavy atom. The van der Waals surface area contributed by atoms with Crippen LogP contribution in [0.5, 0.6) is 5.75 Å². The van der Waals surface area contributed by atoms with E-state index < -0.39 is 0 Å². The summed E-state index contributed by atoms with van der Waals surface area (Å²) < 4.78 is 4.96. The van der Waals surface area contributed by atoms with Gasteiger partial charge in [-0.1, -0.05) is 19.1 Å². The summed E-state index contributed by atoms with van der Waals surface area (Å²) in [5.74, 6) is 0.600. The van der Waals surface area contributed by atoms with Crippen LogP contribution in [0.2, 0.25) is 0 Å². The largest absolute Gasteiger partial charge is 0.508 e. The van der Waals surface area contributed by atoms with Crippen LogP contribution in [0.3, 0.4) is 0 Å². The van der Waals surface area contributed by atoms with Gasteiger partial charge in [-0.05, 0) is 50.3 Å². The Morgan fingerprint density at radius 2 is 2.07 bits per heavy atom. The average molecular weight is 417 g/mol. The molecule has 1 atom stereocenters. The summed E-state index contributed by atoms with van der Waals surface area (Å²) in [6, 6.07) is 5.34. The van der Waals surface area contributed by atoms with Crippen LogP contribution in [0.15, 0.2) is 18.2 Å². The molecular formula is C22H32N4O4. The molecule has 30 heavy (non-hydrogen) atoms. The smallest absolute Gasteiger partial charge is 0.310 e. The standard InChI is InChI=1S/C22H32N4O4/c1-4-17(7-6-10-27)25-21-18(14(3)24-22(23)26-21)13-16-9-8-15(11-19(16)28)12-20(29)30-5-2/h8-9,11,17,27-28H,4-7,10,12-13H2,1-3H3,(H3,23,24,25,26). The Hall–Kier alpha value is -2.87. The number of ether oxygens (including phenoxy) is 1. The Morgan fingerprint density at radius 3 is 2.70 bits per heavy atom. The van der Waals surface area contributed by atoms with Gasteiger partial charge < -0.3 is 26.0 Å². The molecule has 0 bridgehead atoms. The van der Waals surface area contributed by atoms with Crippen molar-refractivity contribution < 1.29 is 19.7 Å². The highest BCUT2D eigenvalue weighted by molar-refractivity contribution is 5.72. The molecule has 0 saturated carbocycles. The van der Waals surface area contributed by atoms with Crippen molar-refractivity contribution in [1.29, 1.82) is 0 Å². The fourth-order valence-corrected chi connectivity index (χ4v) is 3.30. The molecule has 0 aliphatic heterocycles. The first kappa shape index (κ1) is 23.4. The number of nitrogens with zero attached hydrogens (tertiary/aromatic N) is 2. The normalized spacial score (nSPS) is 11.9. The highest BCUT2D eigenvalue weighted by Gasteiger charge is 2.17. The van der Waals surface area contributed by atoms with Gasteiger partial charge in [0.2, 0.25) is 5.95 Å². The summed E-state index contributed by atoms with van der Waals surface area (Å²) in [5.41, 5.74) is 8.83. The van der Waals surface area contributed by atoms with E-state index in [-0.39, 0.29) is 36.7 Å². The summed E-state index contributed by atoms with van der Waals surface area (Å²) >= 11 is 0. The topological polar surface area (TPSA) is 131 Å². The van der Waals surface area contributed by atoms with Gasteiger partial charge in [0, 0.05) is 30.3 Å². The van der Waals surface area contributed by atoms with Gasteiger partial charge in [-0.3, -0.25) is 4.79 Å². The molecule has 2 aromatic rings. The number of nitrogen functional groups attached to an aromatic ring is 1. The Labute approximate surface area is 177 Å². The zero-order valence-electron chi connectivity index (χ0n) is 17.9. The highest BCUT2D eigenvalue weighted by Crippen LogP contribution is 2.28. The molecule has 0 fully saturated rings. The van der Waals surface area contributed by atoms with Gasteiger partial charge in [-0.2, -0.15) is 4.98 Å². The maximum absolute atomic E-state index is 11.7. The SMILES string of the molecule is CCOC(=O)Cc1ccc(Cc2c(C)nc(N)nc2NC(CC)CCCO)c(O)c1. The van der Waals surface area contributed by atoms with E-state index in [1.807, 2.05) is 13.0 Å². The molecule has 0 radical (unpaired) electrons. The molecule has 1 aromatic heterocycles. The third-order valence-corrected chi connectivity index (χ3v) is 4.95. The number of aromatic nitrogens is 2. The zero-order valence-corrected chi connectivity index (χ0v) is 17.9. The number of esters is 1. The number of hydrogen-bond donors (Lipinski definition) is 4. The fourth-order valence-electron chi connectivity index (χ4n) is 3.30. The molecular weight excluding hydrogens is 384 g/mol. The number of rotatable bonds is 11. The lowest BCUT2D eigenvalue weighted by Crippen LogP contribution is -2.22. The van der Waals surface area contributed by atoms with E-state index in [2.05, 4.69) is 22.2 Å². The Balaban J connectivity index is 2.26. The number of phenols is 1. The van der Waals surface area contributed by atoms with Crippen LogP contribution in [0, 0.1) is 6.92 Å². The molecule has 0 amide bonds. The third kappa shape index (κ3) is 6.59. The number of hydrogen-bond acceptors (Lipinski definition) is 8. The van der Waals surface area contributed by atoms with E-state index in [9.17, 15) is 9.90 Å². The number of aliphatic hydroxyl groups excluding tert-OH is 1. The van der Waals surface area contributed by atoms with Crippen LogP contribution < -0.4 is 11.1 Å². The molecule has 164 valence electrons. The molecule has 0 aliphatic carbocycles. The number of aliphatic hydroxyl groups is 1. The van der Waals surface area contributed by atoms with E-state index in [4.69, 9.17) is 15.6 Å². The van der Waals surface area contributed by atoms with Crippen molar-refractivity contribution in [3.8, 4) is 5.75 Å². The minimum absolute atomic E-state index is 0.103. The maximum atomic E-state index is 11.7. The Bertz CT molecular complexity index is 857. The van der Waals surface area contributed by atoms with E-state index >= 15 is 0 Å². The number of phenolic OH excluding ortho intramolecular Hbond substituents is 1. The number of carbonyl (C=O) groups excluding carboxylic acids is 1. The zero-order chi connectivity index (χ0) is 22.1. The van der Waals surface area contributed by atoms with Crippen LogP contribution >= 0.6 is 0 Å². The first-order chi connectivity index (χ1) is 14.4. The lowest BCUT2D eigenvalue weighted by Gasteiger charge is -2.21. The predicted molar refractivity (Wildman–Crippen MR) is 116 cm³/mol. The predicted octanol–water partition coefficient (Wildman–Crippen LogP) is 2.73. The number of aryl methyl sites for hydroxylation is 1. The van der Waals surface area contributed by atoms with E-state index in [0.717, 1.165) is 24.1 Å². The lowest BCUT2D eigenvalue weighted by atomic mass is 10.00. The van der Waals surface area contributed by atoms with Crippen molar-refractivity contribution in [2.24, 2.45) is 0 Å². The molecule has 5 N–H and O–H groups in total. The highest BCUT2D eigenvalue weighted by atomic mass is 16.5. The number of benzene rings is 1. The average Bonchev–Trinajstić information content (AvgIpc) is 2.69. The second-order valence-corrected chi connectivity index (χ2v) is 7.23.